The number of nitrogens with one attached hydrogen (secondary N) is 1. The van der Waals surface area contributed by atoms with Gasteiger partial charge in [0.15, 0.2) is 0 Å². The van der Waals surface area contributed by atoms with Crippen molar-refractivity contribution in [3.05, 3.63) is 29.8 Å². The van der Waals surface area contributed by atoms with Crippen molar-refractivity contribution in [3.63, 3.8) is 0 Å². The lowest BCUT2D eigenvalue weighted by Gasteiger charge is -1.99. The summed E-state index contributed by atoms with van der Waals surface area (Å²) in [5.74, 6) is -0.925. The molecule has 0 unspecified atom stereocenters. The van der Waals surface area contributed by atoms with Gasteiger partial charge in [-0.2, -0.15) is 5.10 Å². The molecule has 68 valence electrons. The van der Waals surface area contributed by atoms with E-state index in [1.807, 2.05) is 0 Å². The Labute approximate surface area is 75.9 Å². The lowest BCUT2D eigenvalue weighted by atomic mass is 10.2. The van der Waals surface area contributed by atoms with Crippen molar-refractivity contribution in [2.75, 3.05) is 5.43 Å². The van der Waals surface area contributed by atoms with Crippen LogP contribution in [-0.4, -0.2) is 17.3 Å². The van der Waals surface area contributed by atoms with E-state index in [0.29, 0.717) is 0 Å². The lowest BCUT2D eigenvalue weighted by Crippen LogP contribution is -1.96. The summed E-state index contributed by atoms with van der Waals surface area (Å²) in [4.78, 5) is 10.5. The van der Waals surface area contributed by atoms with Crippen molar-refractivity contribution in [1.29, 1.82) is 0 Å². The van der Waals surface area contributed by atoms with Gasteiger partial charge in [-0.25, -0.2) is 4.79 Å². The molecule has 0 fully saturated rings. The summed E-state index contributed by atoms with van der Waals surface area (Å²) in [6.07, 6.45) is 1.62. The Bertz CT molecular complexity index is 317. The SMILES string of the molecule is C/C=N/Nc1ccc(C(=O)O)cc1. The average molecular weight is 178 g/mol. The van der Waals surface area contributed by atoms with E-state index in [0.717, 1.165) is 5.69 Å². The molecule has 0 spiro atoms. The topological polar surface area (TPSA) is 61.7 Å². The zero-order valence-electron chi connectivity index (χ0n) is 7.19. The minimum Gasteiger partial charge on any atom is -0.478 e. The number of benzene rings is 1. The highest BCUT2D eigenvalue weighted by atomic mass is 16.4. The molecule has 4 heteroatoms. The molecule has 0 aliphatic carbocycles. The smallest absolute Gasteiger partial charge is 0.335 e. The van der Waals surface area contributed by atoms with Crippen LogP contribution in [0.4, 0.5) is 5.69 Å². The van der Waals surface area contributed by atoms with Crippen LogP contribution in [0.5, 0.6) is 0 Å². The van der Waals surface area contributed by atoms with Crippen LogP contribution in [0.15, 0.2) is 29.4 Å². The number of hydrogen-bond acceptors (Lipinski definition) is 3. The third kappa shape index (κ3) is 2.59. The van der Waals surface area contributed by atoms with Gasteiger partial charge < -0.3 is 5.11 Å². The van der Waals surface area contributed by atoms with Gasteiger partial charge >= 0.3 is 5.97 Å². The average Bonchev–Trinajstić information content (AvgIpc) is 2.15. The van der Waals surface area contributed by atoms with Crippen LogP contribution >= 0.6 is 0 Å². The Hall–Kier alpha value is -1.84. The Morgan fingerprint density at radius 2 is 2.08 bits per heavy atom. The predicted molar refractivity (Wildman–Crippen MR) is 51.2 cm³/mol. The van der Waals surface area contributed by atoms with Crippen molar-refractivity contribution >= 4 is 17.9 Å². The molecule has 0 aliphatic heterocycles. The minimum absolute atomic E-state index is 0.269. The molecule has 0 amide bonds. The molecule has 1 aromatic carbocycles. The van der Waals surface area contributed by atoms with E-state index in [1.165, 1.54) is 12.1 Å². The fourth-order valence-electron chi connectivity index (χ4n) is 0.826. The van der Waals surface area contributed by atoms with Crippen LogP contribution in [0.3, 0.4) is 0 Å². The molecule has 4 nitrogen and oxygen atoms in total. The summed E-state index contributed by atoms with van der Waals surface area (Å²) in [5.41, 5.74) is 3.77. The van der Waals surface area contributed by atoms with Crippen molar-refractivity contribution < 1.29 is 9.90 Å². The number of carbonyl (C=O) groups is 1. The summed E-state index contributed by atoms with van der Waals surface area (Å²) >= 11 is 0. The van der Waals surface area contributed by atoms with Crippen LogP contribution in [0.2, 0.25) is 0 Å². The van der Waals surface area contributed by atoms with E-state index in [9.17, 15) is 4.79 Å². The highest BCUT2D eigenvalue weighted by molar-refractivity contribution is 5.87. The molecule has 1 aromatic rings. The van der Waals surface area contributed by atoms with E-state index in [4.69, 9.17) is 5.11 Å². The summed E-state index contributed by atoms with van der Waals surface area (Å²) < 4.78 is 0. The van der Waals surface area contributed by atoms with Crippen molar-refractivity contribution in [2.45, 2.75) is 6.92 Å². The normalized spacial score (nSPS) is 10.2. The summed E-state index contributed by atoms with van der Waals surface area (Å²) in [6.45, 7) is 1.79. The molecular formula is C9H10N2O2. The second kappa shape index (κ2) is 4.25. The number of aromatic carboxylic acids is 1. The first-order valence-corrected chi connectivity index (χ1v) is 3.81. The van der Waals surface area contributed by atoms with Gasteiger partial charge in [0.05, 0.1) is 11.3 Å². The van der Waals surface area contributed by atoms with Gasteiger partial charge in [0.25, 0.3) is 0 Å². The summed E-state index contributed by atoms with van der Waals surface area (Å²) in [5, 5.41) is 12.4. The zero-order valence-corrected chi connectivity index (χ0v) is 7.19. The van der Waals surface area contributed by atoms with Crippen molar-refractivity contribution in [1.82, 2.24) is 0 Å². The third-order valence-corrected chi connectivity index (χ3v) is 1.45. The van der Waals surface area contributed by atoms with E-state index in [1.54, 1.807) is 25.3 Å². The quantitative estimate of drug-likeness (QED) is 0.548. The maximum atomic E-state index is 10.5. The molecule has 0 saturated heterocycles. The zero-order chi connectivity index (χ0) is 9.68. The molecule has 0 aliphatic rings. The first-order chi connectivity index (χ1) is 6.24. The van der Waals surface area contributed by atoms with Gasteiger partial charge in [0.1, 0.15) is 0 Å². The van der Waals surface area contributed by atoms with Gasteiger partial charge in [-0.15, -0.1) is 0 Å². The molecule has 13 heavy (non-hydrogen) atoms. The summed E-state index contributed by atoms with van der Waals surface area (Å²) in [6, 6.07) is 6.37. The van der Waals surface area contributed by atoms with Crippen LogP contribution in [0.1, 0.15) is 17.3 Å². The number of carboxylic acid groups (broad SMARTS) is 1. The van der Waals surface area contributed by atoms with E-state index >= 15 is 0 Å². The van der Waals surface area contributed by atoms with E-state index in [-0.39, 0.29) is 5.56 Å². The van der Waals surface area contributed by atoms with Crippen LogP contribution in [-0.2, 0) is 0 Å². The number of hydrazone groups is 1. The molecule has 0 bridgehead atoms. The molecule has 2 N–H and O–H groups in total. The van der Waals surface area contributed by atoms with Crippen molar-refractivity contribution in [3.8, 4) is 0 Å². The second-order valence-electron chi connectivity index (χ2n) is 2.38. The molecule has 0 radical (unpaired) electrons. The maximum Gasteiger partial charge on any atom is 0.335 e. The fraction of sp³-hybridized carbons (Fsp3) is 0.111. The molecule has 1 rings (SSSR count). The van der Waals surface area contributed by atoms with Gasteiger partial charge in [0.2, 0.25) is 0 Å². The number of nitrogens with zero attached hydrogens (tertiary/aromatic N) is 1. The fourth-order valence-corrected chi connectivity index (χ4v) is 0.826. The standard InChI is InChI=1S/C9H10N2O2/c1-2-10-11-8-5-3-7(4-6-8)9(12)13/h2-6,11H,1H3,(H,12,13)/b10-2+. The van der Waals surface area contributed by atoms with Crippen molar-refractivity contribution in [2.24, 2.45) is 5.10 Å². The molecule has 0 atom stereocenters. The first-order valence-electron chi connectivity index (χ1n) is 3.81. The summed E-state index contributed by atoms with van der Waals surface area (Å²) in [7, 11) is 0. The van der Waals surface area contributed by atoms with E-state index in [2.05, 4.69) is 10.5 Å². The van der Waals surface area contributed by atoms with Crippen LogP contribution in [0, 0.1) is 0 Å². The molecule has 0 aromatic heterocycles. The monoisotopic (exact) mass is 178 g/mol. The second-order valence-corrected chi connectivity index (χ2v) is 2.38. The largest absolute Gasteiger partial charge is 0.478 e. The van der Waals surface area contributed by atoms with Gasteiger partial charge in [-0.3, -0.25) is 5.43 Å². The Morgan fingerprint density at radius 3 is 2.54 bits per heavy atom. The Kier molecular flexibility index (Phi) is 3.03. The predicted octanol–water partition coefficient (Wildman–Crippen LogP) is 1.80. The van der Waals surface area contributed by atoms with Crippen LogP contribution < -0.4 is 5.43 Å². The highest BCUT2D eigenvalue weighted by Gasteiger charge is 2.00. The van der Waals surface area contributed by atoms with Gasteiger partial charge in [-0.05, 0) is 31.2 Å². The molecule has 0 heterocycles. The molecule has 0 saturated carbocycles. The number of hydrogen-bond donors (Lipinski definition) is 2. The number of anilines is 1. The van der Waals surface area contributed by atoms with Gasteiger partial charge in [-0.1, -0.05) is 0 Å². The minimum atomic E-state index is -0.925. The van der Waals surface area contributed by atoms with Crippen LogP contribution in [0.25, 0.3) is 0 Å². The lowest BCUT2D eigenvalue weighted by molar-refractivity contribution is 0.0697. The maximum absolute atomic E-state index is 10.5. The number of rotatable bonds is 3. The molecular weight excluding hydrogens is 168 g/mol. The first kappa shape index (κ1) is 9.25. The van der Waals surface area contributed by atoms with Gasteiger partial charge in [0, 0.05) is 6.21 Å². The number of carboxylic acids is 1. The highest BCUT2D eigenvalue weighted by Crippen LogP contribution is 2.08. The Balaban J connectivity index is 2.75. The van der Waals surface area contributed by atoms with E-state index < -0.39 is 5.97 Å². The Morgan fingerprint density at radius 1 is 1.46 bits per heavy atom. The third-order valence-electron chi connectivity index (χ3n) is 1.45.